The van der Waals surface area contributed by atoms with Crippen LogP contribution in [0.25, 0.3) is 11.2 Å². The molecule has 0 fully saturated rings. The molecule has 0 saturated heterocycles. The normalized spacial score (nSPS) is 11.4. The number of nitrogen functional groups attached to an aromatic ring is 1. The lowest BCUT2D eigenvalue weighted by molar-refractivity contribution is -0.140. The summed E-state index contributed by atoms with van der Waals surface area (Å²) in [5, 5.41) is 29.5. The number of aromatic amines is 1. The number of anilines is 2. The first-order valence-corrected chi connectivity index (χ1v) is 10.2. The number of aliphatic carboxylic acids is 2. The first-order valence-electron chi connectivity index (χ1n) is 10.2. The molecule has 1 aromatic carbocycles. The molecule has 1 amide bonds. The molecule has 180 valence electrons. The summed E-state index contributed by atoms with van der Waals surface area (Å²) >= 11 is 0. The number of aromatic nitrogens is 4. The highest BCUT2D eigenvalue weighted by molar-refractivity contribution is 5.97. The number of nitrogens with two attached hydrogens (primary N) is 1. The topological polar surface area (TPSA) is 228 Å². The van der Waals surface area contributed by atoms with E-state index < -0.39 is 35.9 Å². The molecule has 3 aromatic rings. The molecule has 14 nitrogen and oxygen atoms in total. The number of carbonyl (C=O) groups is 3. The second-order valence-electron chi connectivity index (χ2n) is 7.34. The van der Waals surface area contributed by atoms with Gasteiger partial charge in [0.05, 0.1) is 24.5 Å². The second-order valence-corrected chi connectivity index (χ2v) is 7.34. The quantitative estimate of drug-likeness (QED) is 0.239. The molecule has 14 heteroatoms. The number of nitriles is 1. The standard InChI is InChI=1S/C21H20N8O6/c22-7-8-29(10-12-9-24-17-16(25-12)19(33)28-21(23)27-17)13-3-1-11(2-4-13)18(32)26-14(20(34)35)5-6-15(30)31/h1-4,9,14H,5-6,8,10H2,(H,26,32)(H,30,31)(H,34,35)(H3,23,24,27,28,33). The average molecular weight is 480 g/mol. The highest BCUT2D eigenvalue weighted by Gasteiger charge is 2.22. The van der Waals surface area contributed by atoms with Gasteiger partial charge in [0, 0.05) is 17.7 Å². The number of carboxylic acids is 2. The highest BCUT2D eigenvalue weighted by Crippen LogP contribution is 2.18. The second kappa shape index (κ2) is 10.7. The summed E-state index contributed by atoms with van der Waals surface area (Å²) in [5.41, 5.74) is 6.11. The van der Waals surface area contributed by atoms with Gasteiger partial charge < -0.3 is 26.2 Å². The highest BCUT2D eigenvalue weighted by atomic mass is 16.4. The van der Waals surface area contributed by atoms with Crippen LogP contribution in [0.3, 0.4) is 0 Å². The Hall–Kier alpha value is -5.06. The third-order valence-corrected chi connectivity index (χ3v) is 4.85. The molecule has 0 aliphatic heterocycles. The molecule has 3 rings (SSSR count). The van der Waals surface area contributed by atoms with E-state index in [1.807, 2.05) is 6.07 Å². The van der Waals surface area contributed by atoms with Crippen molar-refractivity contribution in [3.63, 3.8) is 0 Å². The van der Waals surface area contributed by atoms with Crippen molar-refractivity contribution in [2.24, 2.45) is 0 Å². The fraction of sp³-hybridized carbons (Fsp3) is 0.238. The van der Waals surface area contributed by atoms with Crippen molar-refractivity contribution in [1.82, 2.24) is 25.3 Å². The number of H-pyrrole nitrogens is 1. The van der Waals surface area contributed by atoms with E-state index in [9.17, 15) is 29.5 Å². The van der Waals surface area contributed by atoms with Crippen LogP contribution in [0.4, 0.5) is 11.6 Å². The van der Waals surface area contributed by atoms with Crippen molar-refractivity contribution in [1.29, 1.82) is 5.26 Å². The van der Waals surface area contributed by atoms with Crippen LogP contribution >= 0.6 is 0 Å². The fourth-order valence-corrected chi connectivity index (χ4v) is 3.16. The largest absolute Gasteiger partial charge is 0.481 e. The van der Waals surface area contributed by atoms with Crippen LogP contribution < -0.4 is 21.5 Å². The fourth-order valence-electron chi connectivity index (χ4n) is 3.16. The van der Waals surface area contributed by atoms with Gasteiger partial charge in [-0.25, -0.2) is 14.8 Å². The Bertz CT molecular complexity index is 1360. The van der Waals surface area contributed by atoms with Crippen molar-refractivity contribution >= 4 is 40.6 Å². The van der Waals surface area contributed by atoms with Gasteiger partial charge in [-0.1, -0.05) is 0 Å². The smallest absolute Gasteiger partial charge is 0.326 e. The Morgan fingerprint density at radius 3 is 2.54 bits per heavy atom. The molecule has 0 radical (unpaired) electrons. The van der Waals surface area contributed by atoms with Crippen LogP contribution in [-0.2, 0) is 16.1 Å². The van der Waals surface area contributed by atoms with Gasteiger partial charge in [-0.15, -0.1) is 0 Å². The molecule has 1 atom stereocenters. The van der Waals surface area contributed by atoms with E-state index in [1.54, 1.807) is 17.0 Å². The predicted octanol–water partition coefficient (Wildman–Crippen LogP) is -0.127. The number of carboxylic acid groups (broad SMARTS) is 2. The van der Waals surface area contributed by atoms with Crippen LogP contribution in [0.5, 0.6) is 0 Å². The molecule has 2 aromatic heterocycles. The number of hydrogen-bond acceptors (Lipinski definition) is 10. The minimum Gasteiger partial charge on any atom is -0.481 e. The first-order chi connectivity index (χ1) is 16.7. The van der Waals surface area contributed by atoms with Gasteiger partial charge in [-0.05, 0) is 30.7 Å². The lowest BCUT2D eigenvalue weighted by atomic mass is 10.1. The molecule has 6 N–H and O–H groups in total. The molecule has 2 heterocycles. The van der Waals surface area contributed by atoms with Gasteiger partial charge in [0.25, 0.3) is 11.5 Å². The lowest BCUT2D eigenvalue weighted by Crippen LogP contribution is -2.41. The van der Waals surface area contributed by atoms with E-state index in [0.717, 1.165) is 0 Å². The third-order valence-electron chi connectivity index (χ3n) is 4.85. The molecule has 0 aliphatic carbocycles. The van der Waals surface area contributed by atoms with Gasteiger partial charge in [0.1, 0.15) is 12.6 Å². The summed E-state index contributed by atoms with van der Waals surface area (Å²) in [4.78, 5) is 62.7. The van der Waals surface area contributed by atoms with Crippen LogP contribution in [0, 0.1) is 11.3 Å². The number of nitrogens with one attached hydrogen (secondary N) is 2. The monoisotopic (exact) mass is 480 g/mol. The summed E-state index contributed by atoms with van der Waals surface area (Å²) < 4.78 is 0. The number of fused-ring (bicyclic) bond motifs is 1. The molecule has 35 heavy (non-hydrogen) atoms. The number of amides is 1. The lowest BCUT2D eigenvalue weighted by Gasteiger charge is -2.21. The minimum absolute atomic E-state index is 0.00323. The minimum atomic E-state index is -1.35. The van der Waals surface area contributed by atoms with Crippen LogP contribution in [0.2, 0.25) is 0 Å². The van der Waals surface area contributed by atoms with Gasteiger partial charge in [-0.3, -0.25) is 19.4 Å². The summed E-state index contributed by atoms with van der Waals surface area (Å²) in [7, 11) is 0. The van der Waals surface area contributed by atoms with Gasteiger partial charge in [0.2, 0.25) is 5.95 Å². The van der Waals surface area contributed by atoms with Crippen molar-refractivity contribution in [2.75, 3.05) is 17.2 Å². The maximum absolute atomic E-state index is 12.4. The maximum Gasteiger partial charge on any atom is 0.326 e. The van der Waals surface area contributed by atoms with Crippen LogP contribution in [0.1, 0.15) is 28.9 Å². The zero-order chi connectivity index (χ0) is 25.5. The van der Waals surface area contributed by atoms with Gasteiger partial charge in [0.15, 0.2) is 11.2 Å². The van der Waals surface area contributed by atoms with Crippen molar-refractivity contribution < 1.29 is 24.6 Å². The number of carbonyl (C=O) groups excluding carboxylic acids is 1. The molecular weight excluding hydrogens is 460 g/mol. The third kappa shape index (κ3) is 6.26. The van der Waals surface area contributed by atoms with E-state index in [2.05, 4.69) is 25.3 Å². The van der Waals surface area contributed by atoms with Crippen molar-refractivity contribution in [2.45, 2.75) is 25.4 Å². The molecule has 0 aliphatic rings. The van der Waals surface area contributed by atoms with Gasteiger partial charge >= 0.3 is 11.9 Å². The molecule has 0 saturated carbocycles. The number of rotatable bonds is 10. The zero-order valence-corrected chi connectivity index (χ0v) is 18.1. The van der Waals surface area contributed by atoms with E-state index in [0.29, 0.717) is 11.4 Å². The molecule has 0 bridgehead atoms. The van der Waals surface area contributed by atoms with Crippen molar-refractivity contribution in [3.05, 3.63) is 52.1 Å². The Morgan fingerprint density at radius 1 is 1.20 bits per heavy atom. The number of nitrogens with zero attached hydrogens (tertiary/aromatic N) is 5. The molecular formula is C21H20N8O6. The Morgan fingerprint density at radius 2 is 1.91 bits per heavy atom. The van der Waals surface area contributed by atoms with Crippen LogP contribution in [-0.4, -0.2) is 60.6 Å². The Kier molecular flexibility index (Phi) is 7.52. The maximum atomic E-state index is 12.4. The number of hydrogen-bond donors (Lipinski definition) is 5. The van der Waals surface area contributed by atoms with E-state index in [4.69, 9.17) is 10.8 Å². The van der Waals surface area contributed by atoms with E-state index in [-0.39, 0.29) is 42.2 Å². The molecule has 1 unspecified atom stereocenters. The Labute approximate surface area is 197 Å². The predicted molar refractivity (Wildman–Crippen MR) is 121 cm³/mol. The Balaban J connectivity index is 1.76. The zero-order valence-electron chi connectivity index (χ0n) is 18.1. The number of benzene rings is 1. The summed E-state index contributed by atoms with van der Waals surface area (Å²) in [6, 6.07) is 6.67. The van der Waals surface area contributed by atoms with E-state index in [1.165, 1.54) is 18.3 Å². The SMILES string of the molecule is N#CCN(Cc1cnc2nc(N)[nH]c(=O)c2n1)c1ccc(C(=O)NC(CCC(=O)O)C(=O)O)cc1. The average Bonchev–Trinajstić information content (AvgIpc) is 2.81. The van der Waals surface area contributed by atoms with Crippen LogP contribution in [0.15, 0.2) is 35.3 Å². The van der Waals surface area contributed by atoms with E-state index >= 15 is 0 Å². The summed E-state index contributed by atoms with van der Waals surface area (Å²) in [6.07, 6.45) is 0.734. The summed E-state index contributed by atoms with van der Waals surface area (Å²) in [5.74, 6) is -3.29. The first kappa shape index (κ1) is 24.6. The van der Waals surface area contributed by atoms with Gasteiger partial charge in [-0.2, -0.15) is 10.2 Å². The van der Waals surface area contributed by atoms with Crippen molar-refractivity contribution in [3.8, 4) is 6.07 Å². The molecule has 0 spiro atoms. The summed E-state index contributed by atoms with van der Waals surface area (Å²) in [6.45, 7) is 0.0695.